The van der Waals surface area contributed by atoms with E-state index in [4.69, 9.17) is 0 Å². The average molecular weight is 302 g/mol. The molecule has 1 aromatic rings. The molecule has 2 rings (SSSR count). The molecule has 0 unspecified atom stereocenters. The van der Waals surface area contributed by atoms with Crippen molar-refractivity contribution in [2.75, 3.05) is 12.0 Å². The van der Waals surface area contributed by atoms with Crippen LogP contribution in [0.15, 0.2) is 5.51 Å². The fourth-order valence-electron chi connectivity index (χ4n) is 2.22. The summed E-state index contributed by atoms with van der Waals surface area (Å²) in [7, 11) is -3.09. The lowest BCUT2D eigenvalue weighted by Crippen LogP contribution is -2.43. The molecule has 19 heavy (non-hydrogen) atoms. The van der Waals surface area contributed by atoms with E-state index in [1.807, 2.05) is 0 Å². The highest BCUT2D eigenvalue weighted by atomic mass is 32.2. The first-order valence-corrected chi connectivity index (χ1v) is 9.14. The summed E-state index contributed by atoms with van der Waals surface area (Å²) < 4.78 is 22.8. The van der Waals surface area contributed by atoms with E-state index in [1.165, 1.54) is 17.6 Å². The van der Waals surface area contributed by atoms with Crippen molar-refractivity contribution in [3.05, 3.63) is 16.1 Å². The first kappa shape index (κ1) is 14.5. The molecule has 0 radical (unpaired) electrons. The number of thiazole rings is 1. The molecule has 1 aliphatic carbocycles. The maximum atomic E-state index is 12.5. The smallest absolute Gasteiger partial charge is 0.266 e. The first-order chi connectivity index (χ1) is 8.79. The van der Waals surface area contributed by atoms with Crippen LogP contribution in [0.1, 0.15) is 35.1 Å². The number of nitrogens with zero attached hydrogens (tertiary/aromatic N) is 2. The second-order valence-electron chi connectivity index (χ2n) is 5.15. The van der Waals surface area contributed by atoms with Gasteiger partial charge >= 0.3 is 0 Å². The Morgan fingerprint density at radius 1 is 1.58 bits per heavy atom. The zero-order valence-electron chi connectivity index (χ0n) is 11.3. The van der Waals surface area contributed by atoms with E-state index in [2.05, 4.69) is 4.98 Å². The third kappa shape index (κ3) is 3.54. The van der Waals surface area contributed by atoms with E-state index in [0.29, 0.717) is 10.6 Å². The summed E-state index contributed by atoms with van der Waals surface area (Å²) >= 11 is 1.31. The molecule has 7 heteroatoms. The van der Waals surface area contributed by atoms with Crippen LogP contribution in [0.2, 0.25) is 0 Å². The monoisotopic (exact) mass is 302 g/mol. The number of aryl methyl sites for hydroxylation is 1. The topological polar surface area (TPSA) is 67.3 Å². The normalized spacial score (nSPS) is 17.2. The van der Waals surface area contributed by atoms with Gasteiger partial charge in [-0.2, -0.15) is 0 Å². The second kappa shape index (κ2) is 5.20. The Bertz CT molecular complexity index is 576. The van der Waals surface area contributed by atoms with E-state index in [9.17, 15) is 13.2 Å². The van der Waals surface area contributed by atoms with Crippen LogP contribution in [-0.4, -0.2) is 48.3 Å². The van der Waals surface area contributed by atoms with Crippen molar-refractivity contribution >= 4 is 27.1 Å². The summed E-state index contributed by atoms with van der Waals surface area (Å²) in [6, 6.07) is -0.109. The van der Waals surface area contributed by atoms with Gasteiger partial charge in [-0.3, -0.25) is 4.79 Å². The van der Waals surface area contributed by atoms with Crippen molar-refractivity contribution in [3.63, 3.8) is 0 Å². The molecule has 106 valence electrons. The summed E-state index contributed by atoms with van der Waals surface area (Å²) in [5, 5.41) is 0. The number of rotatable bonds is 5. The standard InChI is InChI=1S/C12H18N2O3S2/c1-8(6-19(3,16)17)14(10-4-5-10)12(15)11-9(2)13-7-18-11/h7-8,10H,4-6H2,1-3H3/t8-/m1/s1. The van der Waals surface area contributed by atoms with Crippen molar-refractivity contribution in [2.24, 2.45) is 0 Å². The van der Waals surface area contributed by atoms with Gasteiger partial charge < -0.3 is 4.90 Å². The molecule has 0 bridgehead atoms. The van der Waals surface area contributed by atoms with Gasteiger partial charge in [0.1, 0.15) is 14.7 Å². The molecule has 0 aromatic carbocycles. The van der Waals surface area contributed by atoms with Crippen LogP contribution in [-0.2, 0) is 9.84 Å². The lowest BCUT2D eigenvalue weighted by Gasteiger charge is -2.28. The van der Waals surface area contributed by atoms with Crippen molar-refractivity contribution in [2.45, 2.75) is 38.8 Å². The van der Waals surface area contributed by atoms with Crippen LogP contribution in [0.3, 0.4) is 0 Å². The van der Waals surface area contributed by atoms with Gasteiger partial charge in [-0.05, 0) is 26.7 Å². The van der Waals surface area contributed by atoms with E-state index in [1.54, 1.807) is 24.3 Å². The Labute approximate surface area is 117 Å². The quantitative estimate of drug-likeness (QED) is 0.826. The van der Waals surface area contributed by atoms with Gasteiger partial charge in [0.05, 0.1) is 17.0 Å². The third-order valence-corrected chi connectivity index (χ3v) is 5.14. The molecule has 0 aliphatic heterocycles. The molecule has 1 aliphatic rings. The van der Waals surface area contributed by atoms with E-state index in [-0.39, 0.29) is 23.7 Å². The Kier molecular flexibility index (Phi) is 3.96. The van der Waals surface area contributed by atoms with Gasteiger partial charge in [0.15, 0.2) is 0 Å². The van der Waals surface area contributed by atoms with Gasteiger partial charge in [0, 0.05) is 18.3 Å². The van der Waals surface area contributed by atoms with Crippen molar-refractivity contribution in [3.8, 4) is 0 Å². The first-order valence-electron chi connectivity index (χ1n) is 6.20. The number of sulfone groups is 1. The van der Waals surface area contributed by atoms with E-state index < -0.39 is 9.84 Å². The van der Waals surface area contributed by atoms with Crippen molar-refractivity contribution in [1.82, 2.24) is 9.88 Å². The van der Waals surface area contributed by atoms with Crippen molar-refractivity contribution in [1.29, 1.82) is 0 Å². The lowest BCUT2D eigenvalue weighted by molar-refractivity contribution is 0.0697. The fourth-order valence-corrected chi connectivity index (χ4v) is 4.00. The van der Waals surface area contributed by atoms with Crippen molar-refractivity contribution < 1.29 is 13.2 Å². The van der Waals surface area contributed by atoms with Gasteiger partial charge in [-0.1, -0.05) is 0 Å². The summed E-state index contributed by atoms with van der Waals surface area (Å²) in [5.41, 5.74) is 2.36. The molecular formula is C12H18N2O3S2. The van der Waals surface area contributed by atoms with E-state index in [0.717, 1.165) is 12.8 Å². The maximum absolute atomic E-state index is 12.5. The van der Waals surface area contributed by atoms with Crippen LogP contribution in [0.25, 0.3) is 0 Å². The van der Waals surface area contributed by atoms with Crippen LogP contribution in [0.4, 0.5) is 0 Å². The molecule has 0 spiro atoms. The number of carbonyl (C=O) groups is 1. The summed E-state index contributed by atoms with van der Waals surface area (Å²) in [4.78, 5) is 19.0. The molecule has 0 N–H and O–H groups in total. The highest BCUT2D eigenvalue weighted by molar-refractivity contribution is 7.90. The summed E-state index contributed by atoms with van der Waals surface area (Å²) in [6.45, 7) is 3.60. The second-order valence-corrected chi connectivity index (χ2v) is 8.19. The molecule has 5 nitrogen and oxygen atoms in total. The molecule has 1 atom stereocenters. The van der Waals surface area contributed by atoms with Crippen LogP contribution >= 0.6 is 11.3 Å². The Morgan fingerprint density at radius 3 is 2.63 bits per heavy atom. The Hall–Kier alpha value is -0.950. The summed E-state index contributed by atoms with van der Waals surface area (Å²) in [5.74, 6) is -0.0775. The molecule has 1 saturated carbocycles. The lowest BCUT2D eigenvalue weighted by atomic mass is 10.2. The van der Waals surface area contributed by atoms with Gasteiger partial charge in [0.2, 0.25) is 0 Å². The Morgan fingerprint density at radius 2 is 2.21 bits per heavy atom. The number of carbonyl (C=O) groups excluding carboxylic acids is 1. The number of aromatic nitrogens is 1. The minimum Gasteiger partial charge on any atom is -0.331 e. The van der Waals surface area contributed by atoms with Gasteiger partial charge in [-0.15, -0.1) is 11.3 Å². The largest absolute Gasteiger partial charge is 0.331 e. The number of amides is 1. The molecule has 1 amide bonds. The Balaban J connectivity index is 2.21. The summed E-state index contributed by atoms with van der Waals surface area (Å²) in [6.07, 6.45) is 3.12. The average Bonchev–Trinajstić information content (AvgIpc) is 2.97. The predicted octanol–water partition coefficient (Wildman–Crippen LogP) is 1.49. The SMILES string of the molecule is Cc1ncsc1C(=O)N(C1CC1)[C@H](C)CS(C)(=O)=O. The van der Waals surface area contributed by atoms with Crippen LogP contribution < -0.4 is 0 Å². The number of hydrogen-bond donors (Lipinski definition) is 0. The molecule has 1 heterocycles. The number of hydrogen-bond acceptors (Lipinski definition) is 5. The zero-order chi connectivity index (χ0) is 14.2. The van der Waals surface area contributed by atoms with Gasteiger partial charge in [-0.25, -0.2) is 13.4 Å². The molecule has 1 fully saturated rings. The highest BCUT2D eigenvalue weighted by Gasteiger charge is 2.38. The fraction of sp³-hybridized carbons (Fsp3) is 0.667. The molecule has 1 aromatic heterocycles. The van der Waals surface area contributed by atoms with Gasteiger partial charge in [0.25, 0.3) is 5.91 Å². The van der Waals surface area contributed by atoms with Crippen LogP contribution in [0, 0.1) is 6.92 Å². The predicted molar refractivity (Wildman–Crippen MR) is 75.2 cm³/mol. The van der Waals surface area contributed by atoms with E-state index >= 15 is 0 Å². The molecule has 0 saturated heterocycles. The minimum absolute atomic E-state index is 0.00704. The zero-order valence-corrected chi connectivity index (χ0v) is 12.9. The van der Waals surface area contributed by atoms with Crippen LogP contribution in [0.5, 0.6) is 0 Å². The minimum atomic E-state index is -3.09. The third-order valence-electron chi connectivity index (χ3n) is 3.13. The highest BCUT2D eigenvalue weighted by Crippen LogP contribution is 2.31. The maximum Gasteiger partial charge on any atom is 0.266 e. The molecular weight excluding hydrogens is 284 g/mol.